The summed E-state index contributed by atoms with van der Waals surface area (Å²) in [6.07, 6.45) is 0. The van der Waals surface area contributed by atoms with Crippen LogP contribution in [0, 0.1) is 6.92 Å². The Labute approximate surface area is 135 Å². The normalized spacial score (nSPS) is 10.8. The molecule has 0 aliphatic rings. The molecule has 1 amide bonds. The van der Waals surface area contributed by atoms with Crippen molar-refractivity contribution in [2.45, 2.75) is 6.92 Å². The molecule has 0 radical (unpaired) electrons. The molecular formula is C15H10Cl2N2OS. The number of thiazole rings is 1. The van der Waals surface area contributed by atoms with Gasteiger partial charge in [0.05, 0.1) is 15.2 Å². The zero-order valence-electron chi connectivity index (χ0n) is 11.0. The number of hydrogen-bond acceptors (Lipinski definition) is 3. The molecule has 0 spiro atoms. The summed E-state index contributed by atoms with van der Waals surface area (Å²) < 4.78 is 0.873. The Morgan fingerprint density at radius 3 is 2.76 bits per heavy atom. The Balaban J connectivity index is 1.93. The van der Waals surface area contributed by atoms with E-state index in [9.17, 15) is 4.79 Å². The highest BCUT2D eigenvalue weighted by Crippen LogP contribution is 2.34. The van der Waals surface area contributed by atoms with E-state index >= 15 is 0 Å². The largest absolute Gasteiger partial charge is 0.298 e. The summed E-state index contributed by atoms with van der Waals surface area (Å²) in [6, 6.07) is 10.5. The lowest BCUT2D eigenvalue weighted by Crippen LogP contribution is -2.11. The van der Waals surface area contributed by atoms with E-state index in [1.165, 1.54) is 11.3 Å². The number of amides is 1. The van der Waals surface area contributed by atoms with Gasteiger partial charge >= 0.3 is 0 Å². The van der Waals surface area contributed by atoms with E-state index in [1.807, 2.05) is 19.1 Å². The molecule has 0 bridgehead atoms. The Bertz CT molecular complexity index is 806. The van der Waals surface area contributed by atoms with Gasteiger partial charge in [-0.3, -0.25) is 10.1 Å². The van der Waals surface area contributed by atoms with Crippen LogP contribution >= 0.6 is 34.5 Å². The molecule has 1 heterocycles. The number of fused-ring (bicyclic) bond motifs is 1. The summed E-state index contributed by atoms with van der Waals surface area (Å²) in [5, 5.41) is 4.45. The van der Waals surface area contributed by atoms with Gasteiger partial charge in [-0.2, -0.15) is 0 Å². The second kappa shape index (κ2) is 5.64. The van der Waals surface area contributed by atoms with E-state index in [0.717, 1.165) is 15.8 Å². The highest BCUT2D eigenvalue weighted by molar-refractivity contribution is 7.23. The van der Waals surface area contributed by atoms with Gasteiger partial charge < -0.3 is 0 Å². The predicted molar refractivity (Wildman–Crippen MR) is 88.8 cm³/mol. The van der Waals surface area contributed by atoms with E-state index in [2.05, 4.69) is 10.3 Å². The minimum atomic E-state index is -0.245. The van der Waals surface area contributed by atoms with E-state index < -0.39 is 0 Å². The third kappa shape index (κ3) is 2.88. The summed E-state index contributed by atoms with van der Waals surface area (Å²) in [5.41, 5.74) is 2.33. The lowest BCUT2D eigenvalue weighted by Gasteiger charge is -2.01. The van der Waals surface area contributed by atoms with Gasteiger partial charge in [-0.05, 0) is 36.8 Å². The first kappa shape index (κ1) is 14.3. The van der Waals surface area contributed by atoms with Gasteiger partial charge in [-0.1, -0.05) is 46.7 Å². The van der Waals surface area contributed by atoms with Crippen LogP contribution in [-0.2, 0) is 0 Å². The zero-order chi connectivity index (χ0) is 15.0. The number of nitrogens with one attached hydrogen (secondary N) is 1. The van der Waals surface area contributed by atoms with Crippen molar-refractivity contribution >= 4 is 55.8 Å². The van der Waals surface area contributed by atoms with Crippen LogP contribution in [0.2, 0.25) is 10.0 Å². The minimum absolute atomic E-state index is 0.245. The Hall–Kier alpha value is -1.62. The van der Waals surface area contributed by atoms with Crippen LogP contribution in [0.1, 0.15) is 15.9 Å². The minimum Gasteiger partial charge on any atom is -0.298 e. The average molecular weight is 337 g/mol. The number of carbonyl (C=O) groups excluding carboxylic acids is 1. The van der Waals surface area contributed by atoms with Crippen molar-refractivity contribution in [3.05, 3.63) is 57.6 Å². The van der Waals surface area contributed by atoms with Crippen LogP contribution < -0.4 is 5.32 Å². The molecular weight excluding hydrogens is 327 g/mol. The number of aryl methyl sites for hydroxylation is 1. The first-order chi connectivity index (χ1) is 10.0. The number of aromatic nitrogens is 1. The third-order valence-electron chi connectivity index (χ3n) is 3.00. The molecule has 21 heavy (non-hydrogen) atoms. The zero-order valence-corrected chi connectivity index (χ0v) is 13.3. The smallest absolute Gasteiger partial charge is 0.257 e. The summed E-state index contributed by atoms with van der Waals surface area (Å²) in [6.45, 7) is 1.96. The molecule has 0 atom stereocenters. The van der Waals surface area contributed by atoms with Gasteiger partial charge in [0.2, 0.25) is 0 Å². The lowest BCUT2D eigenvalue weighted by atomic mass is 10.2. The fraction of sp³-hybridized carbons (Fsp3) is 0.0667. The molecule has 3 nitrogen and oxygen atoms in total. The molecule has 0 saturated carbocycles. The molecule has 3 rings (SSSR count). The van der Waals surface area contributed by atoms with Gasteiger partial charge in [-0.15, -0.1) is 0 Å². The van der Waals surface area contributed by atoms with Crippen LogP contribution in [0.15, 0.2) is 36.4 Å². The highest BCUT2D eigenvalue weighted by Gasteiger charge is 2.13. The Kier molecular flexibility index (Phi) is 3.85. The van der Waals surface area contributed by atoms with Gasteiger partial charge in [0.1, 0.15) is 0 Å². The van der Waals surface area contributed by atoms with Gasteiger partial charge in [0, 0.05) is 10.6 Å². The summed E-state index contributed by atoms with van der Waals surface area (Å²) in [5.74, 6) is -0.245. The number of hydrogen-bond donors (Lipinski definition) is 1. The topological polar surface area (TPSA) is 42.0 Å². The van der Waals surface area contributed by atoms with Crippen LogP contribution in [0.25, 0.3) is 10.2 Å². The summed E-state index contributed by atoms with van der Waals surface area (Å²) in [4.78, 5) is 16.6. The SMILES string of the molecule is Cc1ccc(Cl)c2sc(NC(=O)c3cccc(Cl)c3)nc12. The molecule has 106 valence electrons. The number of carbonyl (C=O) groups is 1. The van der Waals surface area contributed by atoms with Crippen LogP contribution in [-0.4, -0.2) is 10.9 Å². The van der Waals surface area contributed by atoms with Crippen molar-refractivity contribution in [1.82, 2.24) is 4.98 Å². The predicted octanol–water partition coefficient (Wildman–Crippen LogP) is 5.16. The Morgan fingerprint density at radius 1 is 1.24 bits per heavy atom. The molecule has 0 saturated heterocycles. The van der Waals surface area contributed by atoms with Crippen molar-refractivity contribution < 1.29 is 4.79 Å². The maximum absolute atomic E-state index is 12.2. The van der Waals surface area contributed by atoms with E-state index in [0.29, 0.717) is 20.7 Å². The maximum Gasteiger partial charge on any atom is 0.257 e. The van der Waals surface area contributed by atoms with Crippen molar-refractivity contribution in [2.24, 2.45) is 0 Å². The number of rotatable bonds is 2. The molecule has 3 aromatic rings. The Morgan fingerprint density at radius 2 is 2.05 bits per heavy atom. The second-order valence-corrected chi connectivity index (χ2v) is 6.37. The van der Waals surface area contributed by atoms with Crippen LogP contribution in [0.3, 0.4) is 0 Å². The summed E-state index contributed by atoms with van der Waals surface area (Å²) >= 11 is 13.4. The molecule has 6 heteroatoms. The molecule has 0 aliphatic carbocycles. The molecule has 0 unspecified atom stereocenters. The molecule has 1 aromatic heterocycles. The standard InChI is InChI=1S/C15H10Cl2N2OS/c1-8-5-6-11(17)13-12(8)18-15(21-13)19-14(20)9-3-2-4-10(16)7-9/h2-7H,1H3,(H,18,19,20). The first-order valence-electron chi connectivity index (χ1n) is 6.17. The molecule has 2 aromatic carbocycles. The highest BCUT2D eigenvalue weighted by atomic mass is 35.5. The maximum atomic E-state index is 12.2. The first-order valence-corrected chi connectivity index (χ1v) is 7.74. The number of halogens is 2. The molecule has 1 N–H and O–H groups in total. The van der Waals surface area contributed by atoms with Gasteiger partial charge in [0.15, 0.2) is 5.13 Å². The van der Waals surface area contributed by atoms with E-state index in [-0.39, 0.29) is 5.91 Å². The number of benzene rings is 2. The van der Waals surface area contributed by atoms with Gasteiger partial charge in [-0.25, -0.2) is 4.98 Å². The fourth-order valence-corrected chi connectivity index (χ4v) is 3.36. The second-order valence-electron chi connectivity index (χ2n) is 4.53. The van der Waals surface area contributed by atoms with E-state index in [4.69, 9.17) is 23.2 Å². The summed E-state index contributed by atoms with van der Waals surface area (Å²) in [7, 11) is 0. The van der Waals surface area contributed by atoms with Crippen molar-refractivity contribution in [1.29, 1.82) is 0 Å². The molecule has 0 fully saturated rings. The van der Waals surface area contributed by atoms with Crippen LogP contribution in [0.5, 0.6) is 0 Å². The quantitative estimate of drug-likeness (QED) is 0.701. The number of anilines is 1. The molecule has 0 aliphatic heterocycles. The van der Waals surface area contributed by atoms with Crippen molar-refractivity contribution in [3.63, 3.8) is 0 Å². The van der Waals surface area contributed by atoms with Crippen LogP contribution in [0.4, 0.5) is 5.13 Å². The van der Waals surface area contributed by atoms with Crippen molar-refractivity contribution in [3.8, 4) is 0 Å². The number of nitrogens with zero attached hydrogens (tertiary/aromatic N) is 1. The van der Waals surface area contributed by atoms with Crippen molar-refractivity contribution in [2.75, 3.05) is 5.32 Å². The third-order valence-corrected chi connectivity index (χ3v) is 4.67. The van der Waals surface area contributed by atoms with E-state index in [1.54, 1.807) is 24.3 Å². The fourth-order valence-electron chi connectivity index (χ4n) is 1.95. The average Bonchev–Trinajstić information content (AvgIpc) is 2.88. The monoisotopic (exact) mass is 336 g/mol. The lowest BCUT2D eigenvalue weighted by molar-refractivity contribution is 0.102. The van der Waals surface area contributed by atoms with Gasteiger partial charge in [0.25, 0.3) is 5.91 Å².